The standard InChI is InChI=1S/C48H92N2/c1-5-8-11-14-16-18-20-22-24-26-28-30-32-34-36-38-43-48(50(4)47-42-41-46-49-45-40-13-10-7-3)44-39-37-35-33-31-29-27-25-23-21-19-17-15-12-9-6-2/h16-19,22-25,48-49H,5-15,20-21,26-47H2,1-4H3/b18-16-,19-17-,24-22-,25-23-. The molecule has 0 fully saturated rings. The summed E-state index contributed by atoms with van der Waals surface area (Å²) in [6.07, 6.45) is 62.2. The average Bonchev–Trinajstić information content (AvgIpc) is 3.12. The van der Waals surface area contributed by atoms with Crippen LogP contribution >= 0.6 is 0 Å². The molecule has 0 bridgehead atoms. The van der Waals surface area contributed by atoms with Crippen LogP contribution < -0.4 is 5.32 Å². The quantitative estimate of drug-likeness (QED) is 0.0506. The molecule has 1 N–H and O–H groups in total. The molecule has 50 heavy (non-hydrogen) atoms. The summed E-state index contributed by atoms with van der Waals surface area (Å²) < 4.78 is 0. The third kappa shape index (κ3) is 39.7. The Morgan fingerprint density at radius 3 is 1.16 bits per heavy atom. The number of hydrogen-bond donors (Lipinski definition) is 1. The normalized spacial score (nSPS) is 12.5. The van der Waals surface area contributed by atoms with Crippen molar-refractivity contribution in [1.82, 2.24) is 10.2 Å². The molecule has 0 aromatic heterocycles. The van der Waals surface area contributed by atoms with Gasteiger partial charge in [0.05, 0.1) is 0 Å². The summed E-state index contributed by atoms with van der Waals surface area (Å²) in [4.78, 5) is 2.74. The number of rotatable bonds is 41. The highest BCUT2D eigenvalue weighted by atomic mass is 15.1. The molecular formula is C48H92N2. The first-order valence-electron chi connectivity index (χ1n) is 22.8. The van der Waals surface area contributed by atoms with Gasteiger partial charge in [-0.05, 0) is 123 Å². The molecule has 0 spiro atoms. The van der Waals surface area contributed by atoms with E-state index in [0.29, 0.717) is 0 Å². The maximum atomic E-state index is 3.69. The third-order valence-electron chi connectivity index (χ3n) is 10.4. The monoisotopic (exact) mass is 697 g/mol. The minimum absolute atomic E-state index is 0.786. The SMILES string of the molecule is CCCCC/C=C\C/C=C\CCCCCCCCC(CCCCCCCC/C=C\C/C=C\CCCCC)N(C)CCCCNCCCCCC. The van der Waals surface area contributed by atoms with E-state index in [0.717, 1.165) is 18.9 Å². The molecule has 294 valence electrons. The fourth-order valence-electron chi connectivity index (χ4n) is 6.92. The number of unbranched alkanes of at least 4 members (excludes halogenated alkanes) is 22. The minimum Gasteiger partial charge on any atom is -0.317 e. The van der Waals surface area contributed by atoms with Crippen molar-refractivity contribution >= 4 is 0 Å². The van der Waals surface area contributed by atoms with Gasteiger partial charge < -0.3 is 10.2 Å². The lowest BCUT2D eigenvalue weighted by Crippen LogP contribution is -2.33. The number of nitrogens with zero attached hydrogens (tertiary/aromatic N) is 1. The van der Waals surface area contributed by atoms with Crippen molar-refractivity contribution in [2.45, 2.75) is 232 Å². The minimum atomic E-state index is 0.786. The molecule has 0 aliphatic carbocycles. The molecule has 0 radical (unpaired) electrons. The Morgan fingerprint density at radius 1 is 0.380 bits per heavy atom. The summed E-state index contributed by atoms with van der Waals surface area (Å²) in [5.74, 6) is 0. The van der Waals surface area contributed by atoms with Crippen molar-refractivity contribution in [3.05, 3.63) is 48.6 Å². The Balaban J connectivity index is 4.15. The van der Waals surface area contributed by atoms with E-state index < -0.39 is 0 Å². The van der Waals surface area contributed by atoms with Crippen molar-refractivity contribution in [3.63, 3.8) is 0 Å². The Kier molecular flexibility index (Phi) is 43.1. The van der Waals surface area contributed by atoms with E-state index in [1.165, 1.54) is 212 Å². The molecule has 0 rings (SSSR count). The van der Waals surface area contributed by atoms with Gasteiger partial charge in [0, 0.05) is 6.04 Å². The molecule has 0 aliphatic rings. The second-order valence-electron chi connectivity index (χ2n) is 15.4. The number of allylic oxidation sites excluding steroid dienone is 8. The molecule has 0 saturated heterocycles. The molecular weight excluding hydrogens is 605 g/mol. The molecule has 2 heteroatoms. The van der Waals surface area contributed by atoms with E-state index in [2.05, 4.69) is 86.6 Å². The molecule has 0 aromatic rings. The average molecular weight is 697 g/mol. The van der Waals surface area contributed by atoms with E-state index in [1.807, 2.05) is 0 Å². The van der Waals surface area contributed by atoms with Crippen LogP contribution in [0.15, 0.2) is 48.6 Å². The van der Waals surface area contributed by atoms with Gasteiger partial charge in [-0.1, -0.05) is 179 Å². The zero-order chi connectivity index (χ0) is 36.3. The highest BCUT2D eigenvalue weighted by Gasteiger charge is 2.14. The van der Waals surface area contributed by atoms with Gasteiger partial charge in [0.2, 0.25) is 0 Å². The molecule has 0 saturated carbocycles. The fraction of sp³-hybridized carbons (Fsp3) is 0.833. The highest BCUT2D eigenvalue weighted by Crippen LogP contribution is 2.19. The van der Waals surface area contributed by atoms with Gasteiger partial charge in [-0.25, -0.2) is 0 Å². The predicted molar refractivity (Wildman–Crippen MR) is 231 cm³/mol. The van der Waals surface area contributed by atoms with Crippen LogP contribution in [0.4, 0.5) is 0 Å². The predicted octanol–water partition coefficient (Wildman–Crippen LogP) is 15.6. The second kappa shape index (κ2) is 44.0. The zero-order valence-corrected chi connectivity index (χ0v) is 34.9. The lowest BCUT2D eigenvalue weighted by atomic mass is 9.98. The van der Waals surface area contributed by atoms with Crippen LogP contribution in [0.5, 0.6) is 0 Å². The van der Waals surface area contributed by atoms with Gasteiger partial charge in [-0.15, -0.1) is 0 Å². The molecule has 2 nitrogen and oxygen atoms in total. The van der Waals surface area contributed by atoms with E-state index in [9.17, 15) is 0 Å². The Labute approximate surface area is 316 Å². The molecule has 0 heterocycles. The maximum Gasteiger partial charge on any atom is 0.00922 e. The van der Waals surface area contributed by atoms with Crippen molar-refractivity contribution in [3.8, 4) is 0 Å². The Hall–Kier alpha value is -1.12. The molecule has 0 amide bonds. The smallest absolute Gasteiger partial charge is 0.00922 e. The first kappa shape index (κ1) is 48.9. The number of hydrogen-bond acceptors (Lipinski definition) is 2. The topological polar surface area (TPSA) is 15.3 Å². The lowest BCUT2D eigenvalue weighted by Gasteiger charge is -2.28. The Bertz CT molecular complexity index is 686. The van der Waals surface area contributed by atoms with E-state index in [-0.39, 0.29) is 0 Å². The second-order valence-corrected chi connectivity index (χ2v) is 15.4. The van der Waals surface area contributed by atoms with Gasteiger partial charge in [0.15, 0.2) is 0 Å². The van der Waals surface area contributed by atoms with Crippen molar-refractivity contribution in [1.29, 1.82) is 0 Å². The highest BCUT2D eigenvalue weighted by molar-refractivity contribution is 4.93. The summed E-state index contributed by atoms with van der Waals surface area (Å²) in [6, 6.07) is 0.786. The largest absolute Gasteiger partial charge is 0.317 e. The number of nitrogens with one attached hydrogen (secondary N) is 1. The van der Waals surface area contributed by atoms with E-state index in [1.54, 1.807) is 0 Å². The first-order chi connectivity index (χ1) is 24.8. The van der Waals surface area contributed by atoms with Gasteiger partial charge in [0.1, 0.15) is 0 Å². The summed E-state index contributed by atoms with van der Waals surface area (Å²) in [5, 5.41) is 3.69. The molecule has 0 aromatic carbocycles. The van der Waals surface area contributed by atoms with Crippen LogP contribution in [0.2, 0.25) is 0 Å². The van der Waals surface area contributed by atoms with Crippen molar-refractivity contribution in [2.24, 2.45) is 0 Å². The lowest BCUT2D eigenvalue weighted by molar-refractivity contribution is 0.206. The summed E-state index contributed by atoms with van der Waals surface area (Å²) in [7, 11) is 2.42. The van der Waals surface area contributed by atoms with Crippen molar-refractivity contribution in [2.75, 3.05) is 26.7 Å². The fourth-order valence-corrected chi connectivity index (χ4v) is 6.92. The van der Waals surface area contributed by atoms with Gasteiger partial charge >= 0.3 is 0 Å². The van der Waals surface area contributed by atoms with Crippen LogP contribution in [0.25, 0.3) is 0 Å². The maximum absolute atomic E-state index is 3.69. The van der Waals surface area contributed by atoms with Crippen LogP contribution in [0.1, 0.15) is 226 Å². The zero-order valence-electron chi connectivity index (χ0n) is 34.9. The Morgan fingerprint density at radius 2 is 0.720 bits per heavy atom. The molecule has 0 atom stereocenters. The van der Waals surface area contributed by atoms with Crippen molar-refractivity contribution < 1.29 is 0 Å². The molecule has 0 aliphatic heterocycles. The summed E-state index contributed by atoms with van der Waals surface area (Å²) in [6.45, 7) is 10.5. The van der Waals surface area contributed by atoms with Crippen LogP contribution in [0.3, 0.4) is 0 Å². The first-order valence-corrected chi connectivity index (χ1v) is 22.8. The summed E-state index contributed by atoms with van der Waals surface area (Å²) in [5.41, 5.74) is 0. The van der Waals surface area contributed by atoms with Crippen LogP contribution in [-0.4, -0.2) is 37.6 Å². The third-order valence-corrected chi connectivity index (χ3v) is 10.4. The van der Waals surface area contributed by atoms with Crippen LogP contribution in [0, 0.1) is 0 Å². The summed E-state index contributed by atoms with van der Waals surface area (Å²) >= 11 is 0. The van der Waals surface area contributed by atoms with E-state index >= 15 is 0 Å². The van der Waals surface area contributed by atoms with Gasteiger partial charge in [0.25, 0.3) is 0 Å². The molecule has 0 unspecified atom stereocenters. The van der Waals surface area contributed by atoms with E-state index in [4.69, 9.17) is 0 Å². The van der Waals surface area contributed by atoms with Gasteiger partial charge in [-0.3, -0.25) is 0 Å². The van der Waals surface area contributed by atoms with Crippen LogP contribution in [-0.2, 0) is 0 Å². The van der Waals surface area contributed by atoms with Gasteiger partial charge in [-0.2, -0.15) is 0 Å².